The van der Waals surface area contributed by atoms with Gasteiger partial charge in [-0.15, -0.1) is 0 Å². The molecule has 0 aromatic heterocycles. The smallest absolute Gasteiger partial charge is 0.242 e. The summed E-state index contributed by atoms with van der Waals surface area (Å²) in [6.07, 6.45) is 0. The van der Waals surface area contributed by atoms with Gasteiger partial charge in [0.1, 0.15) is 0 Å². The number of nitrogens with zero attached hydrogens (tertiary/aromatic N) is 1. The second-order valence-electron chi connectivity index (χ2n) is 3.25. The molecule has 0 rings (SSSR count). The number of nitrogens with two attached hydrogens (primary N) is 1. The van der Waals surface area contributed by atoms with Crippen LogP contribution >= 0.6 is 0 Å². The van der Waals surface area contributed by atoms with Crippen molar-refractivity contribution in [2.24, 2.45) is 5.73 Å². The minimum absolute atomic E-state index is 0.0298. The average Bonchev–Trinajstić information content (AvgIpc) is 2.14. The lowest BCUT2D eigenvalue weighted by Crippen LogP contribution is -2.44. The summed E-state index contributed by atoms with van der Waals surface area (Å²) in [5.41, 5.74) is 5.09. The van der Waals surface area contributed by atoms with Crippen LogP contribution in [0.15, 0.2) is 0 Å². The molecule has 0 radical (unpaired) electrons. The van der Waals surface area contributed by atoms with E-state index in [1.54, 1.807) is 4.90 Å². The summed E-state index contributed by atoms with van der Waals surface area (Å²) in [6, 6.07) is 0.155. The number of carbonyl (C=O) groups is 2. The molecule has 0 bridgehead atoms. The zero-order valence-corrected chi connectivity index (χ0v) is 9.04. The quantitative estimate of drug-likeness (QED) is 0.618. The second-order valence-corrected chi connectivity index (χ2v) is 3.25. The van der Waals surface area contributed by atoms with Crippen molar-refractivity contribution >= 4 is 11.8 Å². The van der Waals surface area contributed by atoms with E-state index in [0.717, 1.165) is 0 Å². The number of nitrogens with one attached hydrogen (secondary N) is 1. The highest BCUT2D eigenvalue weighted by Gasteiger charge is 2.14. The standard InChI is InChI=1S/C9H19N3O2/c1-4-12(7(2)3)9(14)6-11-8(13)5-10/h7H,4-6,10H2,1-3H3,(H,11,13). The normalized spacial score (nSPS) is 10.1. The molecule has 5 heteroatoms. The summed E-state index contributed by atoms with van der Waals surface area (Å²) in [5, 5.41) is 2.45. The molecule has 0 aliphatic carbocycles. The predicted molar refractivity (Wildman–Crippen MR) is 54.6 cm³/mol. The van der Waals surface area contributed by atoms with E-state index in [0.29, 0.717) is 6.54 Å². The first-order valence-corrected chi connectivity index (χ1v) is 4.79. The van der Waals surface area contributed by atoms with E-state index in [9.17, 15) is 9.59 Å². The van der Waals surface area contributed by atoms with Crippen LogP contribution in [0.2, 0.25) is 0 Å². The first kappa shape index (κ1) is 12.9. The Kier molecular flexibility index (Phi) is 5.87. The van der Waals surface area contributed by atoms with Crippen LogP contribution in [0.1, 0.15) is 20.8 Å². The molecule has 0 aromatic rings. The van der Waals surface area contributed by atoms with E-state index in [1.165, 1.54) is 0 Å². The Morgan fingerprint density at radius 3 is 2.36 bits per heavy atom. The zero-order chi connectivity index (χ0) is 11.1. The summed E-state index contributed by atoms with van der Waals surface area (Å²) in [6.45, 7) is 6.37. The van der Waals surface area contributed by atoms with Crippen LogP contribution in [-0.2, 0) is 9.59 Å². The molecule has 5 nitrogen and oxygen atoms in total. The van der Waals surface area contributed by atoms with Crippen LogP contribution in [0.3, 0.4) is 0 Å². The van der Waals surface area contributed by atoms with Crippen LogP contribution in [0.25, 0.3) is 0 Å². The Morgan fingerprint density at radius 2 is 2.00 bits per heavy atom. The van der Waals surface area contributed by atoms with Gasteiger partial charge in [-0.2, -0.15) is 0 Å². The van der Waals surface area contributed by atoms with Crippen molar-refractivity contribution in [1.29, 1.82) is 0 Å². The minimum atomic E-state index is -0.307. The van der Waals surface area contributed by atoms with Crippen molar-refractivity contribution in [2.75, 3.05) is 19.6 Å². The summed E-state index contributed by atoms with van der Waals surface area (Å²) in [4.78, 5) is 24.0. The van der Waals surface area contributed by atoms with Crippen LogP contribution < -0.4 is 11.1 Å². The Labute approximate surface area is 84.6 Å². The molecule has 0 fully saturated rings. The number of rotatable bonds is 5. The number of amides is 2. The highest BCUT2D eigenvalue weighted by atomic mass is 16.2. The molecule has 0 heterocycles. The maximum absolute atomic E-state index is 11.5. The van der Waals surface area contributed by atoms with Crippen LogP contribution in [0.4, 0.5) is 0 Å². The average molecular weight is 201 g/mol. The molecular weight excluding hydrogens is 182 g/mol. The Balaban J connectivity index is 3.99. The van der Waals surface area contributed by atoms with Gasteiger partial charge in [-0.3, -0.25) is 9.59 Å². The van der Waals surface area contributed by atoms with Crippen molar-refractivity contribution in [3.05, 3.63) is 0 Å². The number of carbonyl (C=O) groups excluding carboxylic acids is 2. The van der Waals surface area contributed by atoms with E-state index < -0.39 is 0 Å². The zero-order valence-electron chi connectivity index (χ0n) is 9.04. The molecule has 0 atom stereocenters. The number of hydrogen-bond acceptors (Lipinski definition) is 3. The molecule has 0 unspecified atom stereocenters. The SMILES string of the molecule is CCN(C(=O)CNC(=O)CN)C(C)C. The van der Waals surface area contributed by atoms with Crippen molar-refractivity contribution in [3.8, 4) is 0 Å². The van der Waals surface area contributed by atoms with Crippen molar-refractivity contribution < 1.29 is 9.59 Å². The summed E-state index contributed by atoms with van der Waals surface area (Å²) in [5.74, 6) is -0.387. The molecule has 14 heavy (non-hydrogen) atoms. The van der Waals surface area contributed by atoms with Gasteiger partial charge in [0.15, 0.2) is 0 Å². The summed E-state index contributed by atoms with van der Waals surface area (Å²) in [7, 11) is 0. The lowest BCUT2D eigenvalue weighted by Gasteiger charge is -2.25. The number of hydrogen-bond donors (Lipinski definition) is 2. The predicted octanol–water partition coefficient (Wildman–Crippen LogP) is -0.682. The van der Waals surface area contributed by atoms with Crippen LogP contribution in [0, 0.1) is 0 Å². The Bertz CT molecular complexity index is 204. The van der Waals surface area contributed by atoms with Gasteiger partial charge in [-0.05, 0) is 20.8 Å². The fourth-order valence-electron chi connectivity index (χ4n) is 1.18. The molecule has 0 saturated heterocycles. The van der Waals surface area contributed by atoms with Gasteiger partial charge >= 0.3 is 0 Å². The van der Waals surface area contributed by atoms with E-state index in [4.69, 9.17) is 5.73 Å². The molecule has 0 aromatic carbocycles. The maximum Gasteiger partial charge on any atom is 0.242 e. The van der Waals surface area contributed by atoms with Crippen LogP contribution in [0.5, 0.6) is 0 Å². The van der Waals surface area contributed by atoms with Gasteiger partial charge in [0.25, 0.3) is 0 Å². The Hall–Kier alpha value is -1.10. The third-order valence-corrected chi connectivity index (χ3v) is 1.91. The van der Waals surface area contributed by atoms with E-state index in [-0.39, 0.29) is 30.9 Å². The van der Waals surface area contributed by atoms with Gasteiger partial charge < -0.3 is 16.0 Å². The highest BCUT2D eigenvalue weighted by Crippen LogP contribution is 1.97. The first-order valence-electron chi connectivity index (χ1n) is 4.79. The lowest BCUT2D eigenvalue weighted by atomic mass is 10.3. The summed E-state index contributed by atoms with van der Waals surface area (Å²) >= 11 is 0. The minimum Gasteiger partial charge on any atom is -0.346 e. The molecule has 0 spiro atoms. The van der Waals surface area contributed by atoms with E-state index >= 15 is 0 Å². The van der Waals surface area contributed by atoms with Crippen molar-refractivity contribution in [2.45, 2.75) is 26.8 Å². The monoisotopic (exact) mass is 201 g/mol. The summed E-state index contributed by atoms with van der Waals surface area (Å²) < 4.78 is 0. The highest BCUT2D eigenvalue weighted by molar-refractivity contribution is 5.85. The largest absolute Gasteiger partial charge is 0.346 e. The second kappa shape index (κ2) is 6.37. The molecule has 0 aliphatic rings. The molecular formula is C9H19N3O2. The number of likely N-dealkylation sites (N-methyl/N-ethyl adjacent to an activating group) is 1. The molecule has 0 aliphatic heterocycles. The van der Waals surface area contributed by atoms with E-state index in [1.807, 2.05) is 20.8 Å². The van der Waals surface area contributed by atoms with Crippen molar-refractivity contribution in [1.82, 2.24) is 10.2 Å². The van der Waals surface area contributed by atoms with Gasteiger partial charge in [-0.25, -0.2) is 0 Å². The molecule has 0 saturated carbocycles. The third-order valence-electron chi connectivity index (χ3n) is 1.91. The van der Waals surface area contributed by atoms with Crippen molar-refractivity contribution in [3.63, 3.8) is 0 Å². The van der Waals surface area contributed by atoms with E-state index in [2.05, 4.69) is 5.32 Å². The lowest BCUT2D eigenvalue weighted by molar-refractivity contribution is -0.133. The maximum atomic E-state index is 11.5. The fraction of sp³-hybridized carbons (Fsp3) is 0.778. The third kappa shape index (κ3) is 4.23. The Morgan fingerprint density at radius 1 is 1.43 bits per heavy atom. The first-order chi connectivity index (χ1) is 6.52. The fourth-order valence-corrected chi connectivity index (χ4v) is 1.18. The van der Waals surface area contributed by atoms with Gasteiger partial charge in [0, 0.05) is 12.6 Å². The molecule has 3 N–H and O–H groups in total. The van der Waals surface area contributed by atoms with Gasteiger partial charge in [0.05, 0.1) is 13.1 Å². The van der Waals surface area contributed by atoms with Gasteiger partial charge in [0.2, 0.25) is 11.8 Å². The molecule has 2 amide bonds. The van der Waals surface area contributed by atoms with Gasteiger partial charge in [-0.1, -0.05) is 0 Å². The molecule has 82 valence electrons. The van der Waals surface area contributed by atoms with Crippen LogP contribution in [-0.4, -0.2) is 42.4 Å². The topological polar surface area (TPSA) is 75.4 Å².